The Bertz CT molecular complexity index is 1210. The van der Waals surface area contributed by atoms with Gasteiger partial charge in [0.1, 0.15) is 11.6 Å². The number of benzene rings is 2. The van der Waals surface area contributed by atoms with E-state index in [9.17, 15) is 19.0 Å². The maximum Gasteiger partial charge on any atom is 0.260 e. The molecule has 0 bridgehead atoms. The molecule has 0 saturated heterocycles. The van der Waals surface area contributed by atoms with Crippen LogP contribution in [0.1, 0.15) is 43.1 Å². The number of nitrogens with zero attached hydrogens (tertiary/aromatic N) is 3. The molecule has 0 spiro atoms. The van der Waals surface area contributed by atoms with E-state index >= 15 is 0 Å². The third kappa shape index (κ3) is 3.20. The van der Waals surface area contributed by atoms with Crippen LogP contribution in [-0.2, 0) is 0 Å². The molecule has 2 aromatic heterocycles. The normalized spacial score (nSPS) is 11.9. The van der Waals surface area contributed by atoms with Gasteiger partial charge in [-0.2, -0.15) is 4.98 Å². The average Bonchev–Trinajstić information content (AvgIpc) is 3.26. The van der Waals surface area contributed by atoms with Crippen molar-refractivity contribution >= 4 is 10.9 Å². The molecule has 8 heteroatoms. The van der Waals surface area contributed by atoms with Crippen molar-refractivity contribution in [2.45, 2.75) is 33.0 Å². The molecule has 0 aliphatic heterocycles. The SMILES string of the molecule is Cc1cc(-n2c(C(C)C)c(-c3nc(C(O)O)no3)c3cc(F)ccc32)ccc1F. The van der Waals surface area contributed by atoms with E-state index < -0.39 is 12.1 Å². The van der Waals surface area contributed by atoms with Crippen LogP contribution in [0.3, 0.4) is 0 Å². The molecule has 150 valence electrons. The zero-order valence-electron chi connectivity index (χ0n) is 16.0. The van der Waals surface area contributed by atoms with Crippen molar-refractivity contribution in [2.24, 2.45) is 0 Å². The van der Waals surface area contributed by atoms with E-state index in [1.807, 2.05) is 18.4 Å². The van der Waals surface area contributed by atoms with Crippen LogP contribution in [0, 0.1) is 18.6 Å². The van der Waals surface area contributed by atoms with Crippen LogP contribution in [-0.4, -0.2) is 24.9 Å². The monoisotopic (exact) mass is 399 g/mol. The number of aliphatic hydroxyl groups excluding tert-OH is 1. The molecule has 0 aliphatic rings. The second-order valence-corrected chi connectivity index (χ2v) is 7.18. The van der Waals surface area contributed by atoms with Gasteiger partial charge in [0.05, 0.1) is 11.1 Å². The Morgan fingerprint density at radius 3 is 2.45 bits per heavy atom. The third-order valence-corrected chi connectivity index (χ3v) is 4.80. The van der Waals surface area contributed by atoms with Crippen LogP contribution in [0.4, 0.5) is 8.78 Å². The maximum atomic E-state index is 14.1. The molecule has 0 aliphatic carbocycles. The van der Waals surface area contributed by atoms with Crippen LogP contribution < -0.4 is 0 Å². The van der Waals surface area contributed by atoms with Gasteiger partial charge in [0.25, 0.3) is 5.89 Å². The summed E-state index contributed by atoms with van der Waals surface area (Å²) in [5, 5.41) is 22.8. The minimum atomic E-state index is -1.89. The molecule has 0 fully saturated rings. The smallest absolute Gasteiger partial charge is 0.260 e. The minimum Gasteiger partial charge on any atom is -0.362 e. The Morgan fingerprint density at radius 2 is 1.83 bits per heavy atom. The lowest BCUT2D eigenvalue weighted by Gasteiger charge is -2.15. The summed E-state index contributed by atoms with van der Waals surface area (Å²) in [5.74, 6) is -1.06. The largest absolute Gasteiger partial charge is 0.362 e. The topological polar surface area (TPSA) is 84.3 Å². The minimum absolute atomic E-state index is 0.0463. The molecule has 0 atom stereocenters. The predicted molar refractivity (Wildman–Crippen MR) is 102 cm³/mol. The van der Waals surface area contributed by atoms with Gasteiger partial charge in [-0.1, -0.05) is 19.0 Å². The fraction of sp³-hybridized carbons (Fsp3) is 0.238. The second kappa shape index (κ2) is 7.06. The van der Waals surface area contributed by atoms with Gasteiger partial charge in [-0.05, 0) is 54.8 Å². The molecule has 0 saturated carbocycles. The highest BCUT2D eigenvalue weighted by Gasteiger charge is 2.27. The van der Waals surface area contributed by atoms with Gasteiger partial charge >= 0.3 is 0 Å². The van der Waals surface area contributed by atoms with Crippen molar-refractivity contribution in [1.29, 1.82) is 0 Å². The van der Waals surface area contributed by atoms with Crippen molar-refractivity contribution in [3.8, 4) is 17.1 Å². The first-order valence-corrected chi connectivity index (χ1v) is 9.08. The van der Waals surface area contributed by atoms with Gasteiger partial charge < -0.3 is 19.3 Å². The highest BCUT2D eigenvalue weighted by Crippen LogP contribution is 2.40. The number of hydrogen-bond donors (Lipinski definition) is 2. The maximum absolute atomic E-state index is 14.1. The van der Waals surface area contributed by atoms with Gasteiger partial charge in [0.15, 0.2) is 0 Å². The van der Waals surface area contributed by atoms with Crippen molar-refractivity contribution in [2.75, 3.05) is 0 Å². The molecule has 0 unspecified atom stereocenters. The fourth-order valence-electron chi connectivity index (χ4n) is 3.54. The number of aromatic nitrogens is 3. The lowest BCUT2D eigenvalue weighted by Crippen LogP contribution is -2.04. The highest BCUT2D eigenvalue weighted by molar-refractivity contribution is 5.97. The molecule has 4 rings (SSSR count). The molecule has 2 N–H and O–H groups in total. The van der Waals surface area contributed by atoms with Gasteiger partial charge in [-0.3, -0.25) is 0 Å². The van der Waals surface area contributed by atoms with Crippen molar-refractivity contribution in [3.63, 3.8) is 0 Å². The number of aliphatic hydroxyl groups is 2. The second-order valence-electron chi connectivity index (χ2n) is 7.18. The van der Waals surface area contributed by atoms with Crippen LogP contribution >= 0.6 is 0 Å². The van der Waals surface area contributed by atoms with E-state index in [4.69, 9.17) is 4.52 Å². The van der Waals surface area contributed by atoms with Crippen LogP contribution in [0.5, 0.6) is 0 Å². The summed E-state index contributed by atoms with van der Waals surface area (Å²) in [6.45, 7) is 5.59. The van der Waals surface area contributed by atoms with Gasteiger partial charge in [-0.15, -0.1) is 0 Å². The van der Waals surface area contributed by atoms with Crippen LogP contribution in [0.25, 0.3) is 28.0 Å². The first kappa shape index (κ1) is 19.2. The Hall–Kier alpha value is -3.10. The number of hydrogen-bond acceptors (Lipinski definition) is 5. The molecular formula is C21H19F2N3O3. The lowest BCUT2D eigenvalue weighted by molar-refractivity contribution is -0.0506. The van der Waals surface area contributed by atoms with E-state index in [1.54, 1.807) is 25.1 Å². The lowest BCUT2D eigenvalue weighted by atomic mass is 10.0. The zero-order valence-corrected chi connectivity index (χ0v) is 16.0. The molecule has 6 nitrogen and oxygen atoms in total. The summed E-state index contributed by atoms with van der Waals surface area (Å²) in [6, 6.07) is 9.10. The Labute approximate surface area is 165 Å². The number of rotatable bonds is 4. The van der Waals surface area contributed by atoms with E-state index in [1.165, 1.54) is 18.2 Å². The molecule has 29 heavy (non-hydrogen) atoms. The number of halogens is 2. The average molecular weight is 399 g/mol. The van der Waals surface area contributed by atoms with Crippen LogP contribution in [0.15, 0.2) is 40.9 Å². The Balaban J connectivity index is 2.10. The zero-order chi connectivity index (χ0) is 20.9. The molecule has 0 amide bonds. The summed E-state index contributed by atoms with van der Waals surface area (Å²) in [7, 11) is 0. The van der Waals surface area contributed by atoms with Gasteiger partial charge in [0, 0.05) is 16.8 Å². The molecule has 4 aromatic rings. The highest BCUT2D eigenvalue weighted by atomic mass is 19.1. The van der Waals surface area contributed by atoms with Crippen molar-refractivity contribution < 1.29 is 23.5 Å². The standard InChI is InChI=1S/C21H19F2N3O3/c1-10(2)18-17(20-24-19(21(27)28)25-29-20)14-9-12(22)4-7-16(14)26(18)13-5-6-15(23)11(3)8-13/h4-10,21,27-28H,1-3H3. The first-order chi connectivity index (χ1) is 13.8. The van der Waals surface area contributed by atoms with Gasteiger partial charge in [0.2, 0.25) is 12.1 Å². The summed E-state index contributed by atoms with van der Waals surface area (Å²) in [5.41, 5.74) is 3.11. The van der Waals surface area contributed by atoms with Crippen LogP contribution in [0.2, 0.25) is 0 Å². The summed E-state index contributed by atoms with van der Waals surface area (Å²) >= 11 is 0. The quantitative estimate of drug-likeness (QED) is 0.498. The number of aryl methyl sites for hydroxylation is 1. The molecule has 2 aromatic carbocycles. The Morgan fingerprint density at radius 1 is 1.07 bits per heavy atom. The summed E-state index contributed by atoms with van der Waals surface area (Å²) in [4.78, 5) is 4.07. The van der Waals surface area contributed by atoms with E-state index in [-0.39, 0.29) is 23.5 Å². The molecule has 2 heterocycles. The van der Waals surface area contributed by atoms with E-state index in [0.29, 0.717) is 27.7 Å². The van der Waals surface area contributed by atoms with Crippen molar-refractivity contribution in [1.82, 2.24) is 14.7 Å². The van der Waals surface area contributed by atoms with E-state index in [0.717, 1.165) is 5.69 Å². The third-order valence-electron chi connectivity index (χ3n) is 4.80. The molecule has 0 radical (unpaired) electrons. The predicted octanol–water partition coefficient (Wildman–Crippen LogP) is 4.37. The number of fused-ring (bicyclic) bond motifs is 1. The summed E-state index contributed by atoms with van der Waals surface area (Å²) in [6.07, 6.45) is -1.89. The Kier molecular flexibility index (Phi) is 4.68. The van der Waals surface area contributed by atoms with E-state index in [2.05, 4.69) is 10.1 Å². The van der Waals surface area contributed by atoms with Gasteiger partial charge in [-0.25, -0.2) is 8.78 Å². The first-order valence-electron chi connectivity index (χ1n) is 9.08. The van der Waals surface area contributed by atoms with Crippen molar-refractivity contribution in [3.05, 3.63) is 65.1 Å². The molecular weight excluding hydrogens is 380 g/mol. The summed E-state index contributed by atoms with van der Waals surface area (Å²) < 4.78 is 35.1. The fourth-order valence-corrected chi connectivity index (χ4v) is 3.54.